The van der Waals surface area contributed by atoms with Gasteiger partial charge in [-0.3, -0.25) is 9.59 Å². The maximum absolute atomic E-state index is 13.6. The highest BCUT2D eigenvalue weighted by molar-refractivity contribution is 6.02. The third kappa shape index (κ3) is 3.57. The van der Waals surface area contributed by atoms with Crippen LogP contribution in [-0.2, 0) is 11.3 Å². The predicted molar refractivity (Wildman–Crippen MR) is 115 cm³/mol. The van der Waals surface area contributed by atoms with Crippen molar-refractivity contribution in [3.8, 4) is 0 Å². The van der Waals surface area contributed by atoms with Crippen molar-refractivity contribution in [1.29, 1.82) is 0 Å². The van der Waals surface area contributed by atoms with Crippen molar-refractivity contribution in [2.45, 2.75) is 57.5 Å². The van der Waals surface area contributed by atoms with Crippen LogP contribution in [0.1, 0.15) is 66.9 Å². The van der Waals surface area contributed by atoms with Gasteiger partial charge in [-0.1, -0.05) is 75.2 Å². The summed E-state index contributed by atoms with van der Waals surface area (Å²) in [7, 11) is 0. The molecule has 1 aliphatic carbocycles. The Morgan fingerprint density at radius 3 is 2.41 bits per heavy atom. The van der Waals surface area contributed by atoms with Gasteiger partial charge >= 0.3 is 0 Å². The average Bonchev–Trinajstić information content (AvgIpc) is 3.20. The van der Waals surface area contributed by atoms with Gasteiger partial charge in [0.1, 0.15) is 0 Å². The summed E-state index contributed by atoms with van der Waals surface area (Å²) >= 11 is 0. The highest BCUT2D eigenvalue weighted by Crippen LogP contribution is 2.50. The number of nitrogens with one attached hydrogen (secondary N) is 1. The van der Waals surface area contributed by atoms with E-state index in [-0.39, 0.29) is 17.7 Å². The zero-order valence-corrected chi connectivity index (χ0v) is 17.4. The zero-order valence-electron chi connectivity index (χ0n) is 17.4. The fourth-order valence-electron chi connectivity index (χ4n) is 5.07. The van der Waals surface area contributed by atoms with Gasteiger partial charge in [0.05, 0.1) is 11.5 Å². The summed E-state index contributed by atoms with van der Waals surface area (Å²) in [6, 6.07) is 17.8. The van der Waals surface area contributed by atoms with E-state index < -0.39 is 5.54 Å². The minimum Gasteiger partial charge on any atom is -0.355 e. The maximum atomic E-state index is 13.6. The Bertz CT molecular complexity index is 885. The number of nitrogens with zero attached hydrogens (tertiary/aromatic N) is 1. The van der Waals surface area contributed by atoms with Crippen LogP contribution in [0.4, 0.5) is 0 Å². The van der Waals surface area contributed by atoms with E-state index in [4.69, 9.17) is 0 Å². The van der Waals surface area contributed by atoms with Crippen molar-refractivity contribution in [1.82, 2.24) is 10.2 Å². The van der Waals surface area contributed by atoms with Gasteiger partial charge in [-0.25, -0.2) is 0 Å². The van der Waals surface area contributed by atoms with Crippen LogP contribution in [0.2, 0.25) is 0 Å². The zero-order chi connectivity index (χ0) is 20.4. The highest BCUT2D eigenvalue weighted by atomic mass is 16.2. The fourth-order valence-corrected chi connectivity index (χ4v) is 5.07. The Labute approximate surface area is 173 Å². The summed E-state index contributed by atoms with van der Waals surface area (Å²) in [5, 5.41) is 3.17. The molecule has 1 aliphatic heterocycles. The first-order valence-electron chi connectivity index (χ1n) is 10.8. The SMILES string of the molecule is CC(C)CNC(=O)C1c2ccccc2C(=O)N(Cc2ccccc2)C12CCCC2. The topological polar surface area (TPSA) is 49.4 Å². The Morgan fingerprint density at radius 1 is 1.07 bits per heavy atom. The molecular weight excluding hydrogens is 360 g/mol. The standard InChI is InChI=1S/C25H30N2O2/c1-18(2)16-26-23(28)22-20-12-6-7-13-21(20)24(29)27(25(22)14-8-9-15-25)17-19-10-4-3-5-11-19/h3-7,10-13,18,22H,8-9,14-17H2,1-2H3,(H,26,28). The van der Waals surface area contributed by atoms with Crippen LogP contribution in [0.15, 0.2) is 54.6 Å². The molecule has 0 bridgehead atoms. The number of amides is 2. The Balaban J connectivity index is 1.80. The smallest absolute Gasteiger partial charge is 0.254 e. The molecule has 1 N–H and O–H groups in total. The van der Waals surface area contributed by atoms with Gasteiger partial charge in [0.25, 0.3) is 5.91 Å². The Hall–Kier alpha value is -2.62. The number of fused-ring (bicyclic) bond motifs is 1. The number of carbonyl (C=O) groups is 2. The van der Waals surface area contributed by atoms with Gasteiger partial charge in [0.2, 0.25) is 5.91 Å². The summed E-state index contributed by atoms with van der Waals surface area (Å²) in [6.45, 7) is 5.40. The minimum atomic E-state index is -0.442. The Morgan fingerprint density at radius 2 is 1.72 bits per heavy atom. The molecule has 1 heterocycles. The van der Waals surface area contributed by atoms with E-state index in [9.17, 15) is 9.59 Å². The van der Waals surface area contributed by atoms with E-state index in [1.165, 1.54) is 0 Å². The first-order chi connectivity index (χ1) is 14.0. The fraction of sp³-hybridized carbons (Fsp3) is 0.440. The third-order valence-electron chi connectivity index (χ3n) is 6.42. The van der Waals surface area contributed by atoms with E-state index >= 15 is 0 Å². The van der Waals surface area contributed by atoms with Crippen molar-refractivity contribution in [3.05, 3.63) is 71.3 Å². The summed E-state index contributed by atoms with van der Waals surface area (Å²) in [6.07, 6.45) is 3.85. The molecule has 1 fully saturated rings. The third-order valence-corrected chi connectivity index (χ3v) is 6.42. The normalized spacial score (nSPS) is 20.2. The molecule has 0 radical (unpaired) electrons. The van der Waals surface area contributed by atoms with Gasteiger partial charge in [0.15, 0.2) is 0 Å². The molecule has 4 rings (SSSR count). The van der Waals surface area contributed by atoms with Gasteiger partial charge in [-0.2, -0.15) is 0 Å². The van der Waals surface area contributed by atoms with E-state index in [0.29, 0.717) is 24.6 Å². The van der Waals surface area contributed by atoms with Crippen LogP contribution in [0.5, 0.6) is 0 Å². The first kappa shape index (κ1) is 19.7. The lowest BCUT2D eigenvalue weighted by Gasteiger charge is -2.50. The molecule has 2 amide bonds. The molecule has 0 saturated heterocycles. The molecular formula is C25H30N2O2. The molecule has 2 aromatic rings. The molecule has 2 aromatic carbocycles. The Kier molecular flexibility index (Phi) is 5.44. The second-order valence-electron chi connectivity index (χ2n) is 8.85. The predicted octanol–water partition coefficient (Wildman–Crippen LogP) is 4.51. The molecule has 4 heteroatoms. The molecule has 1 saturated carbocycles. The molecule has 0 aromatic heterocycles. The van der Waals surface area contributed by atoms with E-state index in [1.54, 1.807) is 0 Å². The number of rotatable bonds is 5. The summed E-state index contributed by atoms with van der Waals surface area (Å²) in [4.78, 5) is 29.1. The van der Waals surface area contributed by atoms with Crippen LogP contribution in [0.3, 0.4) is 0 Å². The monoisotopic (exact) mass is 390 g/mol. The first-order valence-corrected chi connectivity index (χ1v) is 10.8. The van der Waals surface area contributed by atoms with Gasteiger partial charge in [-0.15, -0.1) is 0 Å². The van der Waals surface area contributed by atoms with Crippen LogP contribution < -0.4 is 5.32 Å². The highest BCUT2D eigenvalue weighted by Gasteiger charge is 2.55. The van der Waals surface area contributed by atoms with Crippen LogP contribution in [0.25, 0.3) is 0 Å². The van der Waals surface area contributed by atoms with Crippen molar-refractivity contribution in [2.24, 2.45) is 5.92 Å². The van der Waals surface area contributed by atoms with Crippen LogP contribution >= 0.6 is 0 Å². The van der Waals surface area contributed by atoms with Gasteiger partial charge in [0, 0.05) is 18.7 Å². The number of hydrogen-bond donors (Lipinski definition) is 1. The van der Waals surface area contributed by atoms with E-state index in [0.717, 1.165) is 36.8 Å². The molecule has 1 spiro atoms. The molecule has 2 aliphatic rings. The van der Waals surface area contributed by atoms with E-state index in [1.807, 2.05) is 47.4 Å². The molecule has 1 unspecified atom stereocenters. The number of hydrogen-bond acceptors (Lipinski definition) is 2. The van der Waals surface area contributed by atoms with Crippen LogP contribution in [-0.4, -0.2) is 28.8 Å². The van der Waals surface area contributed by atoms with Crippen molar-refractivity contribution >= 4 is 11.8 Å². The minimum absolute atomic E-state index is 0.0543. The molecule has 152 valence electrons. The molecule has 1 atom stereocenters. The second-order valence-corrected chi connectivity index (χ2v) is 8.85. The van der Waals surface area contributed by atoms with Crippen molar-refractivity contribution < 1.29 is 9.59 Å². The summed E-state index contributed by atoms with van der Waals surface area (Å²) in [5.41, 5.74) is 2.23. The van der Waals surface area contributed by atoms with Crippen LogP contribution in [0, 0.1) is 5.92 Å². The molecule has 4 nitrogen and oxygen atoms in total. The lowest BCUT2D eigenvalue weighted by Crippen LogP contribution is -2.60. The molecule has 29 heavy (non-hydrogen) atoms. The number of benzene rings is 2. The lowest BCUT2D eigenvalue weighted by atomic mass is 9.71. The number of carbonyl (C=O) groups excluding carboxylic acids is 2. The maximum Gasteiger partial charge on any atom is 0.254 e. The summed E-state index contributed by atoms with van der Waals surface area (Å²) < 4.78 is 0. The quantitative estimate of drug-likeness (QED) is 0.816. The van der Waals surface area contributed by atoms with E-state index in [2.05, 4.69) is 31.3 Å². The lowest BCUT2D eigenvalue weighted by molar-refractivity contribution is -0.126. The van der Waals surface area contributed by atoms with Crippen molar-refractivity contribution in [3.63, 3.8) is 0 Å². The van der Waals surface area contributed by atoms with Gasteiger partial charge in [-0.05, 0) is 36.0 Å². The second kappa shape index (κ2) is 8.02. The average molecular weight is 391 g/mol. The summed E-state index contributed by atoms with van der Waals surface area (Å²) in [5.74, 6) is 0.179. The largest absolute Gasteiger partial charge is 0.355 e. The van der Waals surface area contributed by atoms with Crippen molar-refractivity contribution in [2.75, 3.05) is 6.54 Å². The van der Waals surface area contributed by atoms with Gasteiger partial charge < -0.3 is 10.2 Å².